The topological polar surface area (TPSA) is 62.5 Å². The summed E-state index contributed by atoms with van der Waals surface area (Å²) in [6.45, 7) is 1.66. The SMILES string of the molecule is CN(C)CCc1noc([C@@H]2CCC(=O)N(C3CCCCC3)C2)n1. The lowest BCUT2D eigenvalue weighted by atomic mass is 9.90. The molecule has 0 unspecified atom stereocenters. The van der Waals surface area contributed by atoms with E-state index >= 15 is 0 Å². The highest BCUT2D eigenvalue weighted by atomic mass is 16.5. The largest absolute Gasteiger partial charge is 0.339 e. The summed E-state index contributed by atoms with van der Waals surface area (Å²) in [5.41, 5.74) is 0. The molecule has 1 aromatic heterocycles. The number of carbonyl (C=O) groups excluding carboxylic acids is 1. The van der Waals surface area contributed by atoms with E-state index in [0.717, 1.165) is 44.6 Å². The molecule has 0 spiro atoms. The minimum Gasteiger partial charge on any atom is -0.339 e. The van der Waals surface area contributed by atoms with Gasteiger partial charge in [0.2, 0.25) is 11.8 Å². The van der Waals surface area contributed by atoms with Gasteiger partial charge in [-0.2, -0.15) is 4.98 Å². The third-order valence-corrected chi connectivity index (χ3v) is 5.08. The van der Waals surface area contributed by atoms with E-state index in [1.807, 2.05) is 14.1 Å². The van der Waals surface area contributed by atoms with Crippen LogP contribution in [-0.4, -0.2) is 59.1 Å². The highest BCUT2D eigenvalue weighted by Crippen LogP contribution is 2.31. The molecular weight excluding hydrogens is 292 g/mol. The van der Waals surface area contributed by atoms with Crippen molar-refractivity contribution in [3.05, 3.63) is 11.7 Å². The van der Waals surface area contributed by atoms with Crippen LogP contribution in [0.25, 0.3) is 0 Å². The lowest BCUT2D eigenvalue weighted by molar-refractivity contribution is -0.137. The Kier molecular flexibility index (Phi) is 5.30. The van der Waals surface area contributed by atoms with Crippen molar-refractivity contribution in [3.8, 4) is 0 Å². The summed E-state index contributed by atoms with van der Waals surface area (Å²) in [5, 5.41) is 4.10. The maximum absolute atomic E-state index is 12.3. The Morgan fingerprint density at radius 3 is 2.74 bits per heavy atom. The number of piperidine rings is 1. The van der Waals surface area contributed by atoms with E-state index in [1.165, 1.54) is 19.3 Å². The number of hydrogen-bond donors (Lipinski definition) is 0. The Morgan fingerprint density at radius 1 is 1.22 bits per heavy atom. The van der Waals surface area contributed by atoms with Crippen LogP contribution in [-0.2, 0) is 11.2 Å². The molecule has 1 saturated carbocycles. The highest BCUT2D eigenvalue weighted by Gasteiger charge is 2.34. The van der Waals surface area contributed by atoms with Gasteiger partial charge in [0.15, 0.2) is 5.82 Å². The van der Waals surface area contributed by atoms with Crippen LogP contribution in [0.2, 0.25) is 0 Å². The van der Waals surface area contributed by atoms with Gasteiger partial charge in [0.1, 0.15) is 0 Å². The van der Waals surface area contributed by atoms with Crippen molar-refractivity contribution in [1.29, 1.82) is 0 Å². The molecule has 0 aromatic carbocycles. The van der Waals surface area contributed by atoms with Gasteiger partial charge in [-0.15, -0.1) is 0 Å². The third kappa shape index (κ3) is 4.10. The molecule has 1 aromatic rings. The Bertz CT molecular complexity index is 522. The normalized spacial score (nSPS) is 23.7. The number of aromatic nitrogens is 2. The quantitative estimate of drug-likeness (QED) is 0.832. The number of nitrogens with zero attached hydrogens (tertiary/aromatic N) is 4. The Balaban J connectivity index is 1.62. The molecule has 6 heteroatoms. The van der Waals surface area contributed by atoms with Crippen molar-refractivity contribution in [2.75, 3.05) is 27.2 Å². The van der Waals surface area contributed by atoms with Gasteiger partial charge >= 0.3 is 0 Å². The van der Waals surface area contributed by atoms with E-state index in [0.29, 0.717) is 24.3 Å². The van der Waals surface area contributed by atoms with Crippen molar-refractivity contribution in [2.45, 2.75) is 63.3 Å². The molecule has 2 aliphatic rings. The first kappa shape index (κ1) is 16.4. The zero-order valence-corrected chi connectivity index (χ0v) is 14.3. The van der Waals surface area contributed by atoms with Crippen LogP contribution in [0.1, 0.15) is 62.6 Å². The summed E-state index contributed by atoms with van der Waals surface area (Å²) in [6, 6.07) is 0.426. The maximum atomic E-state index is 12.3. The number of rotatable bonds is 5. The predicted molar refractivity (Wildman–Crippen MR) is 87.1 cm³/mol. The van der Waals surface area contributed by atoms with E-state index in [1.54, 1.807) is 0 Å². The first-order valence-electron chi connectivity index (χ1n) is 8.90. The van der Waals surface area contributed by atoms with Crippen LogP contribution < -0.4 is 0 Å². The van der Waals surface area contributed by atoms with Gasteiger partial charge in [-0.25, -0.2) is 0 Å². The first-order chi connectivity index (χ1) is 11.1. The molecule has 0 radical (unpaired) electrons. The number of carbonyl (C=O) groups is 1. The Labute approximate surface area is 138 Å². The van der Waals surface area contributed by atoms with Crippen molar-refractivity contribution < 1.29 is 9.32 Å². The van der Waals surface area contributed by atoms with Crippen LogP contribution in [0, 0.1) is 0 Å². The Morgan fingerprint density at radius 2 is 2.00 bits per heavy atom. The molecule has 2 fully saturated rings. The van der Waals surface area contributed by atoms with Gasteiger partial charge < -0.3 is 14.3 Å². The summed E-state index contributed by atoms with van der Waals surface area (Å²) in [5.74, 6) is 2.00. The van der Waals surface area contributed by atoms with Gasteiger partial charge in [0.25, 0.3) is 0 Å². The van der Waals surface area contributed by atoms with E-state index in [2.05, 4.69) is 19.9 Å². The second-order valence-corrected chi connectivity index (χ2v) is 7.18. The number of hydrogen-bond acceptors (Lipinski definition) is 5. The second-order valence-electron chi connectivity index (χ2n) is 7.18. The van der Waals surface area contributed by atoms with Crippen molar-refractivity contribution >= 4 is 5.91 Å². The third-order valence-electron chi connectivity index (χ3n) is 5.08. The average molecular weight is 320 g/mol. The van der Waals surface area contributed by atoms with Crippen molar-refractivity contribution in [1.82, 2.24) is 19.9 Å². The van der Waals surface area contributed by atoms with Crippen LogP contribution >= 0.6 is 0 Å². The van der Waals surface area contributed by atoms with Gasteiger partial charge in [0.05, 0.1) is 5.92 Å². The number of likely N-dealkylation sites (tertiary alicyclic amines) is 1. The molecule has 1 amide bonds. The highest BCUT2D eigenvalue weighted by molar-refractivity contribution is 5.77. The van der Waals surface area contributed by atoms with E-state index in [9.17, 15) is 4.79 Å². The zero-order valence-electron chi connectivity index (χ0n) is 14.3. The smallest absolute Gasteiger partial charge is 0.231 e. The number of likely N-dealkylation sites (N-methyl/N-ethyl adjacent to an activating group) is 1. The standard InChI is InChI=1S/C17H28N4O2/c1-20(2)11-10-15-18-17(23-19-15)13-8-9-16(22)21(12-13)14-6-4-3-5-7-14/h13-14H,3-12H2,1-2H3/t13-/m1/s1. The monoisotopic (exact) mass is 320 g/mol. The second kappa shape index (κ2) is 7.43. The van der Waals surface area contributed by atoms with Gasteiger partial charge in [-0.1, -0.05) is 24.4 Å². The van der Waals surface area contributed by atoms with E-state index in [-0.39, 0.29) is 5.92 Å². The molecule has 0 bridgehead atoms. The van der Waals surface area contributed by atoms with E-state index in [4.69, 9.17) is 4.52 Å². The molecule has 6 nitrogen and oxygen atoms in total. The molecule has 128 valence electrons. The lowest BCUT2D eigenvalue weighted by Gasteiger charge is -2.39. The fourth-order valence-corrected chi connectivity index (χ4v) is 3.68. The minimum absolute atomic E-state index is 0.204. The van der Waals surface area contributed by atoms with Gasteiger partial charge in [-0.05, 0) is 33.4 Å². The Hall–Kier alpha value is -1.43. The zero-order chi connectivity index (χ0) is 16.2. The van der Waals surface area contributed by atoms with Gasteiger partial charge in [0, 0.05) is 32.0 Å². The summed E-state index contributed by atoms with van der Waals surface area (Å²) in [7, 11) is 4.07. The van der Waals surface area contributed by atoms with Crippen LogP contribution in [0.3, 0.4) is 0 Å². The number of amides is 1. The summed E-state index contributed by atoms with van der Waals surface area (Å²) in [4.78, 5) is 21.1. The van der Waals surface area contributed by atoms with E-state index < -0.39 is 0 Å². The summed E-state index contributed by atoms with van der Waals surface area (Å²) >= 11 is 0. The molecule has 1 aliphatic carbocycles. The average Bonchev–Trinajstić information content (AvgIpc) is 3.03. The predicted octanol–water partition coefficient (Wildman–Crippen LogP) is 2.21. The van der Waals surface area contributed by atoms with Crippen molar-refractivity contribution in [3.63, 3.8) is 0 Å². The molecule has 1 atom stereocenters. The molecule has 2 heterocycles. The molecule has 23 heavy (non-hydrogen) atoms. The molecule has 0 N–H and O–H groups in total. The fraction of sp³-hybridized carbons (Fsp3) is 0.824. The minimum atomic E-state index is 0.204. The molecular formula is C17H28N4O2. The fourth-order valence-electron chi connectivity index (χ4n) is 3.68. The van der Waals surface area contributed by atoms with Crippen LogP contribution in [0.5, 0.6) is 0 Å². The van der Waals surface area contributed by atoms with Crippen LogP contribution in [0.4, 0.5) is 0 Å². The molecule has 1 aliphatic heterocycles. The molecule has 1 saturated heterocycles. The van der Waals surface area contributed by atoms with Crippen LogP contribution in [0.15, 0.2) is 4.52 Å². The summed E-state index contributed by atoms with van der Waals surface area (Å²) < 4.78 is 5.49. The first-order valence-corrected chi connectivity index (χ1v) is 8.90. The van der Waals surface area contributed by atoms with Crippen molar-refractivity contribution in [2.24, 2.45) is 0 Å². The lowest BCUT2D eigenvalue weighted by Crippen LogP contribution is -2.46. The van der Waals surface area contributed by atoms with Gasteiger partial charge in [-0.3, -0.25) is 4.79 Å². The molecule has 3 rings (SSSR count). The maximum Gasteiger partial charge on any atom is 0.231 e. The summed E-state index contributed by atoms with van der Waals surface area (Å²) in [6.07, 6.45) is 8.33.